The van der Waals surface area contributed by atoms with Crippen LogP contribution in [0.3, 0.4) is 0 Å². The predicted octanol–water partition coefficient (Wildman–Crippen LogP) is 2.63. The molecule has 0 saturated carbocycles. The standard InChI is InChI=1S/C21H23N5O2S.CH3NO/c27-16-6-4-14(5-7-16)18-11-17(20(28)25-15-3-1-2-8-22-12-15)21(29-18)26-19-13-23-9-10-24-19;2-1-3/h4-7,9-11,13,15,22,27H,1-3,8,12H2,(H,24,26)(H,25,28);1H,(H2,2,3). The van der Waals surface area contributed by atoms with E-state index in [-0.39, 0.29) is 24.1 Å². The molecule has 3 heterocycles. The lowest BCUT2D eigenvalue weighted by Crippen LogP contribution is -2.40. The molecular formula is C22H26N6O3S. The number of nitrogens with two attached hydrogens (primary N) is 1. The molecule has 1 aromatic carbocycles. The Bertz CT molecular complexity index is 1000. The highest BCUT2D eigenvalue weighted by Crippen LogP contribution is 2.37. The second-order valence-corrected chi connectivity index (χ2v) is 8.17. The highest BCUT2D eigenvalue weighted by Gasteiger charge is 2.21. The monoisotopic (exact) mass is 454 g/mol. The number of thiophene rings is 1. The normalized spacial score (nSPS) is 15.6. The van der Waals surface area contributed by atoms with Gasteiger partial charge in [-0.2, -0.15) is 0 Å². The summed E-state index contributed by atoms with van der Waals surface area (Å²) in [6, 6.07) is 8.96. The first-order valence-electron chi connectivity index (χ1n) is 10.2. The van der Waals surface area contributed by atoms with Crippen molar-refractivity contribution in [2.24, 2.45) is 5.73 Å². The van der Waals surface area contributed by atoms with Crippen LogP contribution in [0.15, 0.2) is 48.9 Å². The van der Waals surface area contributed by atoms with E-state index in [2.05, 4.69) is 31.7 Å². The quantitative estimate of drug-likeness (QED) is 0.373. The van der Waals surface area contributed by atoms with Crippen molar-refractivity contribution in [1.29, 1.82) is 0 Å². The van der Waals surface area contributed by atoms with Crippen LogP contribution in [0, 0.1) is 0 Å². The van der Waals surface area contributed by atoms with Gasteiger partial charge in [-0.05, 0) is 55.3 Å². The summed E-state index contributed by atoms with van der Waals surface area (Å²) in [4.78, 5) is 30.9. The van der Waals surface area contributed by atoms with E-state index in [4.69, 9.17) is 4.79 Å². The number of aromatic hydroxyl groups is 1. The van der Waals surface area contributed by atoms with Crippen LogP contribution in [-0.2, 0) is 4.79 Å². The first-order valence-corrected chi connectivity index (χ1v) is 11.1. The Kier molecular flexibility index (Phi) is 8.52. The van der Waals surface area contributed by atoms with Gasteiger partial charge in [0, 0.05) is 29.9 Å². The summed E-state index contributed by atoms with van der Waals surface area (Å²) in [7, 11) is 0. The summed E-state index contributed by atoms with van der Waals surface area (Å²) in [5.41, 5.74) is 5.68. The second kappa shape index (κ2) is 11.8. The molecule has 2 amide bonds. The van der Waals surface area contributed by atoms with Crippen LogP contribution in [0.1, 0.15) is 29.6 Å². The third kappa shape index (κ3) is 6.50. The van der Waals surface area contributed by atoms with E-state index in [0.717, 1.165) is 42.8 Å². The van der Waals surface area contributed by atoms with Crippen LogP contribution >= 0.6 is 11.3 Å². The molecule has 1 fully saturated rings. The minimum atomic E-state index is -0.105. The largest absolute Gasteiger partial charge is 0.508 e. The summed E-state index contributed by atoms with van der Waals surface area (Å²) >= 11 is 1.47. The van der Waals surface area contributed by atoms with E-state index < -0.39 is 0 Å². The molecule has 9 nitrogen and oxygen atoms in total. The van der Waals surface area contributed by atoms with E-state index in [1.54, 1.807) is 30.7 Å². The molecule has 168 valence electrons. The molecule has 4 rings (SSSR count). The summed E-state index contributed by atoms with van der Waals surface area (Å²) in [6.45, 7) is 1.78. The summed E-state index contributed by atoms with van der Waals surface area (Å²) in [5, 5.41) is 20.0. The van der Waals surface area contributed by atoms with E-state index >= 15 is 0 Å². The summed E-state index contributed by atoms with van der Waals surface area (Å²) < 4.78 is 0. The molecule has 1 unspecified atom stereocenters. The highest BCUT2D eigenvalue weighted by atomic mass is 32.1. The number of nitrogens with one attached hydrogen (secondary N) is 3. The van der Waals surface area contributed by atoms with Gasteiger partial charge >= 0.3 is 0 Å². The number of hydrogen-bond donors (Lipinski definition) is 5. The minimum Gasteiger partial charge on any atom is -0.508 e. The van der Waals surface area contributed by atoms with Crippen molar-refractivity contribution in [3.8, 4) is 16.2 Å². The fraction of sp³-hybridized carbons (Fsp3) is 0.273. The Hall–Kier alpha value is -3.50. The first kappa shape index (κ1) is 23.2. The summed E-state index contributed by atoms with van der Waals surface area (Å²) in [5.74, 6) is 0.685. The maximum atomic E-state index is 13.1. The number of hydrogen-bond acceptors (Lipinski definition) is 8. The maximum Gasteiger partial charge on any atom is 0.254 e. The molecule has 1 aliphatic rings. The highest BCUT2D eigenvalue weighted by molar-refractivity contribution is 7.19. The molecule has 1 aliphatic heterocycles. The fourth-order valence-electron chi connectivity index (χ4n) is 3.31. The summed E-state index contributed by atoms with van der Waals surface area (Å²) in [6.07, 6.45) is 8.29. The number of phenols is 1. The molecule has 10 heteroatoms. The average Bonchev–Trinajstić information content (AvgIpc) is 3.04. The number of primary amides is 1. The van der Waals surface area contributed by atoms with Crippen molar-refractivity contribution in [2.75, 3.05) is 18.4 Å². The lowest BCUT2D eigenvalue weighted by atomic mass is 10.1. The molecule has 0 bridgehead atoms. The van der Waals surface area contributed by atoms with Crippen LogP contribution < -0.4 is 21.7 Å². The van der Waals surface area contributed by atoms with Crippen LogP contribution in [0.5, 0.6) is 5.75 Å². The van der Waals surface area contributed by atoms with Crippen LogP contribution in [0.4, 0.5) is 10.8 Å². The van der Waals surface area contributed by atoms with Crippen LogP contribution in [0.2, 0.25) is 0 Å². The van der Waals surface area contributed by atoms with Gasteiger partial charge in [-0.1, -0.05) is 6.42 Å². The molecule has 32 heavy (non-hydrogen) atoms. The van der Waals surface area contributed by atoms with E-state index in [1.165, 1.54) is 11.3 Å². The van der Waals surface area contributed by atoms with Gasteiger partial charge in [0.25, 0.3) is 5.91 Å². The number of amides is 2. The van der Waals surface area contributed by atoms with Gasteiger partial charge in [0.15, 0.2) is 0 Å². The van der Waals surface area contributed by atoms with Crippen molar-refractivity contribution in [3.63, 3.8) is 0 Å². The lowest BCUT2D eigenvalue weighted by molar-refractivity contribution is -0.106. The number of nitrogens with zero attached hydrogens (tertiary/aromatic N) is 2. The number of benzene rings is 1. The van der Waals surface area contributed by atoms with Crippen molar-refractivity contribution in [1.82, 2.24) is 20.6 Å². The number of phenolic OH excluding ortho intramolecular Hbond substituents is 1. The third-order valence-electron chi connectivity index (χ3n) is 4.82. The topological polar surface area (TPSA) is 142 Å². The number of carbonyl (C=O) groups excluding carboxylic acids is 2. The van der Waals surface area contributed by atoms with Gasteiger partial charge in [0.05, 0.1) is 11.8 Å². The SMILES string of the molecule is NC=O.O=C(NC1CCCCNC1)c1cc(-c2ccc(O)cc2)sc1Nc1cnccn1. The lowest BCUT2D eigenvalue weighted by Gasteiger charge is -2.16. The van der Waals surface area contributed by atoms with Gasteiger partial charge in [-0.3, -0.25) is 14.6 Å². The van der Waals surface area contributed by atoms with Gasteiger partial charge < -0.3 is 26.8 Å². The fourth-order valence-corrected chi connectivity index (χ4v) is 4.37. The zero-order chi connectivity index (χ0) is 22.8. The predicted molar refractivity (Wildman–Crippen MR) is 125 cm³/mol. The maximum absolute atomic E-state index is 13.1. The second-order valence-electron chi connectivity index (χ2n) is 7.12. The van der Waals surface area contributed by atoms with E-state index in [0.29, 0.717) is 16.4 Å². The molecule has 0 spiro atoms. The average molecular weight is 455 g/mol. The minimum absolute atomic E-state index is 0.105. The number of rotatable bonds is 5. The van der Waals surface area contributed by atoms with Gasteiger partial charge in [0.2, 0.25) is 6.41 Å². The van der Waals surface area contributed by atoms with Gasteiger partial charge in [0.1, 0.15) is 16.6 Å². The van der Waals surface area contributed by atoms with E-state index in [1.807, 2.05) is 18.2 Å². The Labute approximate surface area is 190 Å². The Balaban J connectivity index is 0.000000913. The first-order chi connectivity index (χ1) is 15.6. The molecule has 1 atom stereocenters. The van der Waals surface area contributed by atoms with Gasteiger partial charge in [-0.15, -0.1) is 11.3 Å². The van der Waals surface area contributed by atoms with Crippen molar-refractivity contribution in [3.05, 3.63) is 54.5 Å². The molecule has 0 aliphatic carbocycles. The van der Waals surface area contributed by atoms with Crippen molar-refractivity contribution < 1.29 is 14.7 Å². The van der Waals surface area contributed by atoms with Gasteiger partial charge in [-0.25, -0.2) is 4.98 Å². The number of aromatic nitrogens is 2. The molecule has 0 radical (unpaired) electrons. The zero-order valence-corrected chi connectivity index (χ0v) is 18.3. The molecule has 2 aromatic heterocycles. The molecule has 6 N–H and O–H groups in total. The molecule has 3 aromatic rings. The number of carbonyl (C=O) groups is 2. The van der Waals surface area contributed by atoms with Crippen molar-refractivity contribution >= 4 is 34.5 Å². The Morgan fingerprint density at radius 2 is 2.03 bits per heavy atom. The smallest absolute Gasteiger partial charge is 0.254 e. The van der Waals surface area contributed by atoms with E-state index in [9.17, 15) is 9.90 Å². The Morgan fingerprint density at radius 1 is 1.25 bits per heavy atom. The molecule has 1 saturated heterocycles. The van der Waals surface area contributed by atoms with Crippen LogP contribution in [0.25, 0.3) is 10.4 Å². The van der Waals surface area contributed by atoms with Crippen LogP contribution in [-0.4, -0.2) is 46.5 Å². The zero-order valence-electron chi connectivity index (χ0n) is 17.5. The number of anilines is 2. The van der Waals surface area contributed by atoms with Crippen molar-refractivity contribution in [2.45, 2.75) is 25.3 Å². The Morgan fingerprint density at radius 3 is 2.75 bits per heavy atom. The molecular weight excluding hydrogens is 428 g/mol. The third-order valence-corrected chi connectivity index (χ3v) is 5.91.